The van der Waals surface area contributed by atoms with Gasteiger partial charge in [-0.25, -0.2) is 14.7 Å². The molecule has 9 nitrogen and oxygen atoms in total. The molecule has 5 aromatic rings. The minimum absolute atomic E-state index is 0.304. The van der Waals surface area contributed by atoms with E-state index < -0.39 is 5.97 Å². The van der Waals surface area contributed by atoms with Crippen LogP contribution in [0.25, 0.3) is 33.7 Å². The molecule has 164 valence electrons. The van der Waals surface area contributed by atoms with Gasteiger partial charge in [-0.15, -0.1) is 5.10 Å². The van der Waals surface area contributed by atoms with Crippen LogP contribution in [0.3, 0.4) is 0 Å². The smallest absolute Gasteiger partial charge is 0.388 e. The standard InChI is InChI=1S/C24H18N4O5/c1-2-30-19-13-11-17(12-14-19)23-25-21(15-31-23)16-7-9-18(10-8-16)24(29)32-33-28-22-6-4-3-5-20(22)26-27-28/h3-15H,2H2,1H3. The second kappa shape index (κ2) is 8.83. The first-order valence-corrected chi connectivity index (χ1v) is 10.2. The van der Waals surface area contributed by atoms with Crippen molar-refractivity contribution in [2.45, 2.75) is 6.92 Å². The molecular formula is C24H18N4O5. The zero-order valence-electron chi connectivity index (χ0n) is 17.5. The van der Waals surface area contributed by atoms with Crippen LogP contribution in [0, 0.1) is 0 Å². The first kappa shape index (κ1) is 20.3. The third-order valence-electron chi connectivity index (χ3n) is 4.84. The summed E-state index contributed by atoms with van der Waals surface area (Å²) >= 11 is 0. The van der Waals surface area contributed by atoms with E-state index in [1.165, 1.54) is 0 Å². The van der Waals surface area contributed by atoms with Crippen molar-refractivity contribution >= 4 is 17.0 Å². The van der Waals surface area contributed by atoms with Gasteiger partial charge in [-0.3, -0.25) is 0 Å². The monoisotopic (exact) mass is 442 g/mol. The summed E-state index contributed by atoms with van der Waals surface area (Å²) < 4.78 is 11.1. The molecular weight excluding hydrogens is 424 g/mol. The molecule has 0 atom stereocenters. The first-order valence-electron chi connectivity index (χ1n) is 10.2. The number of fused-ring (bicyclic) bond motifs is 1. The number of carbonyl (C=O) groups is 1. The SMILES string of the molecule is CCOc1ccc(-c2nc(-c3ccc(C(=O)OOn4nnc5ccccc54)cc3)co2)cc1. The molecule has 33 heavy (non-hydrogen) atoms. The van der Waals surface area contributed by atoms with Crippen molar-refractivity contribution in [3.05, 3.63) is 84.6 Å². The number of nitrogens with zero attached hydrogens (tertiary/aromatic N) is 4. The molecule has 3 aromatic carbocycles. The van der Waals surface area contributed by atoms with Crippen molar-refractivity contribution < 1.29 is 23.8 Å². The van der Waals surface area contributed by atoms with E-state index in [0.29, 0.717) is 34.8 Å². The summed E-state index contributed by atoms with van der Waals surface area (Å²) in [4.78, 5) is 27.8. The average Bonchev–Trinajstić information content (AvgIpc) is 3.51. The fourth-order valence-corrected chi connectivity index (χ4v) is 3.20. The molecule has 0 saturated heterocycles. The fourth-order valence-electron chi connectivity index (χ4n) is 3.20. The summed E-state index contributed by atoms with van der Waals surface area (Å²) in [7, 11) is 0. The number of oxazole rings is 1. The Morgan fingerprint density at radius 3 is 2.52 bits per heavy atom. The quantitative estimate of drug-likeness (QED) is 0.271. The number of ether oxygens (including phenoxy) is 1. The number of rotatable bonds is 7. The van der Waals surface area contributed by atoms with Crippen LogP contribution < -0.4 is 9.73 Å². The highest BCUT2D eigenvalue weighted by molar-refractivity contribution is 5.89. The van der Waals surface area contributed by atoms with Crippen LogP contribution in [0.15, 0.2) is 83.5 Å². The van der Waals surface area contributed by atoms with Gasteiger partial charge in [0.1, 0.15) is 28.7 Å². The van der Waals surface area contributed by atoms with Gasteiger partial charge >= 0.3 is 5.97 Å². The Balaban J connectivity index is 1.25. The molecule has 0 aliphatic carbocycles. The Morgan fingerprint density at radius 2 is 1.73 bits per heavy atom. The molecule has 0 aliphatic rings. The Hall–Kier alpha value is -4.66. The first-order chi connectivity index (χ1) is 16.2. The third kappa shape index (κ3) is 4.24. The summed E-state index contributed by atoms with van der Waals surface area (Å²) in [5.41, 5.74) is 3.77. The van der Waals surface area contributed by atoms with E-state index in [0.717, 1.165) is 21.7 Å². The maximum Gasteiger partial charge on any atom is 0.388 e. The Kier molecular flexibility index (Phi) is 5.42. The maximum absolute atomic E-state index is 12.3. The minimum atomic E-state index is -0.670. The van der Waals surface area contributed by atoms with Crippen LogP contribution in [-0.4, -0.2) is 32.7 Å². The average molecular weight is 442 g/mol. The predicted octanol–water partition coefficient (Wildman–Crippen LogP) is 4.35. The number of hydrogen-bond donors (Lipinski definition) is 0. The molecule has 0 radical (unpaired) electrons. The molecule has 0 fully saturated rings. The van der Waals surface area contributed by atoms with Crippen LogP contribution in [0.4, 0.5) is 0 Å². The fraction of sp³-hybridized carbons (Fsp3) is 0.0833. The topological polar surface area (TPSA) is 102 Å². The van der Waals surface area contributed by atoms with Crippen molar-refractivity contribution in [1.82, 2.24) is 20.1 Å². The summed E-state index contributed by atoms with van der Waals surface area (Å²) in [6.07, 6.45) is 1.57. The Labute approximate surface area is 188 Å². The van der Waals surface area contributed by atoms with E-state index in [9.17, 15) is 4.79 Å². The van der Waals surface area contributed by atoms with Crippen LogP contribution in [0.2, 0.25) is 0 Å². The van der Waals surface area contributed by atoms with Gasteiger partial charge in [0, 0.05) is 11.1 Å². The maximum atomic E-state index is 12.3. The van der Waals surface area contributed by atoms with E-state index >= 15 is 0 Å². The molecule has 0 saturated carbocycles. The van der Waals surface area contributed by atoms with Gasteiger partial charge in [0.2, 0.25) is 5.89 Å². The van der Waals surface area contributed by atoms with Crippen molar-refractivity contribution in [2.75, 3.05) is 6.61 Å². The number of carbonyl (C=O) groups excluding carboxylic acids is 1. The normalized spacial score (nSPS) is 10.8. The lowest BCUT2D eigenvalue weighted by atomic mass is 10.1. The van der Waals surface area contributed by atoms with Gasteiger partial charge in [0.25, 0.3) is 0 Å². The highest BCUT2D eigenvalue weighted by Gasteiger charge is 2.14. The zero-order valence-corrected chi connectivity index (χ0v) is 17.5. The number of para-hydroxylation sites is 1. The van der Waals surface area contributed by atoms with E-state index in [1.807, 2.05) is 37.3 Å². The minimum Gasteiger partial charge on any atom is -0.494 e. The van der Waals surface area contributed by atoms with Crippen molar-refractivity contribution in [3.8, 4) is 28.5 Å². The van der Waals surface area contributed by atoms with E-state index in [2.05, 4.69) is 15.3 Å². The molecule has 9 heteroatoms. The molecule has 5 rings (SSSR count). The molecule has 0 bridgehead atoms. The summed E-state index contributed by atoms with van der Waals surface area (Å²) in [6.45, 7) is 2.54. The van der Waals surface area contributed by atoms with Crippen LogP contribution >= 0.6 is 0 Å². The van der Waals surface area contributed by atoms with Gasteiger partial charge in [-0.05, 0) is 65.5 Å². The lowest BCUT2D eigenvalue weighted by molar-refractivity contribution is -0.248. The van der Waals surface area contributed by atoms with Gasteiger partial charge < -0.3 is 9.15 Å². The van der Waals surface area contributed by atoms with E-state index in [-0.39, 0.29) is 0 Å². The van der Waals surface area contributed by atoms with Crippen LogP contribution in [0.5, 0.6) is 5.75 Å². The van der Waals surface area contributed by atoms with Crippen molar-refractivity contribution in [1.29, 1.82) is 0 Å². The number of aromatic nitrogens is 4. The van der Waals surface area contributed by atoms with Gasteiger partial charge in [-0.2, -0.15) is 4.99 Å². The van der Waals surface area contributed by atoms with Crippen molar-refractivity contribution in [2.24, 2.45) is 0 Å². The van der Waals surface area contributed by atoms with E-state index in [4.69, 9.17) is 19.0 Å². The molecule has 2 aromatic heterocycles. The zero-order chi connectivity index (χ0) is 22.6. The summed E-state index contributed by atoms with van der Waals surface area (Å²) in [5.74, 6) is 0.609. The van der Waals surface area contributed by atoms with Gasteiger partial charge in [0.15, 0.2) is 0 Å². The largest absolute Gasteiger partial charge is 0.494 e. The molecule has 2 heterocycles. The van der Waals surface area contributed by atoms with Gasteiger partial charge in [0.05, 0.1) is 12.2 Å². The highest BCUT2D eigenvalue weighted by atomic mass is 17.3. The molecule has 0 amide bonds. The third-order valence-corrected chi connectivity index (χ3v) is 4.84. The van der Waals surface area contributed by atoms with Crippen LogP contribution in [0.1, 0.15) is 17.3 Å². The summed E-state index contributed by atoms with van der Waals surface area (Å²) in [5, 5.41) is 7.72. The summed E-state index contributed by atoms with van der Waals surface area (Å²) in [6, 6.07) is 21.4. The van der Waals surface area contributed by atoms with Gasteiger partial charge in [-0.1, -0.05) is 24.3 Å². The molecule has 0 spiro atoms. The second-order valence-corrected chi connectivity index (χ2v) is 6.97. The lowest BCUT2D eigenvalue weighted by Gasteiger charge is -2.04. The van der Waals surface area contributed by atoms with Crippen molar-refractivity contribution in [3.63, 3.8) is 0 Å². The highest BCUT2D eigenvalue weighted by Crippen LogP contribution is 2.26. The van der Waals surface area contributed by atoms with Crippen LogP contribution in [-0.2, 0) is 4.89 Å². The molecule has 0 N–H and O–H groups in total. The van der Waals surface area contributed by atoms with E-state index in [1.54, 1.807) is 48.7 Å². The molecule has 0 unspecified atom stereocenters. The lowest BCUT2D eigenvalue weighted by Crippen LogP contribution is -2.18. The number of benzene rings is 3. The number of hydrogen-bond acceptors (Lipinski definition) is 8. The second-order valence-electron chi connectivity index (χ2n) is 6.97. The Morgan fingerprint density at radius 1 is 0.970 bits per heavy atom. The Bertz CT molecular complexity index is 1390. The predicted molar refractivity (Wildman–Crippen MR) is 118 cm³/mol. The molecule has 0 aliphatic heterocycles.